The van der Waals surface area contributed by atoms with E-state index in [-0.39, 0.29) is 6.04 Å². The second-order valence-corrected chi connectivity index (χ2v) is 3.79. The van der Waals surface area contributed by atoms with Crippen molar-refractivity contribution in [2.24, 2.45) is 0 Å². The van der Waals surface area contributed by atoms with Crippen LogP contribution in [0.1, 0.15) is 18.5 Å². The summed E-state index contributed by atoms with van der Waals surface area (Å²) in [6.07, 6.45) is 5.15. The van der Waals surface area contributed by atoms with Crippen molar-refractivity contribution < 1.29 is 0 Å². The maximum absolute atomic E-state index is 5.89. The van der Waals surface area contributed by atoms with Crippen molar-refractivity contribution in [1.82, 2.24) is 5.32 Å². The first-order valence-corrected chi connectivity index (χ1v) is 5.02. The first kappa shape index (κ1) is 11.4. The summed E-state index contributed by atoms with van der Waals surface area (Å²) in [6, 6.07) is 5.74. The van der Waals surface area contributed by atoms with E-state index in [9.17, 15) is 0 Å². The number of hydrogen-bond acceptors (Lipinski definition) is 1. The maximum atomic E-state index is 5.89. The van der Waals surface area contributed by atoms with Gasteiger partial charge in [0.05, 0.1) is 16.6 Å². The summed E-state index contributed by atoms with van der Waals surface area (Å²) in [7, 11) is 0. The molecule has 0 amide bonds. The number of terminal acetylenes is 1. The molecule has 1 nitrogen and oxygen atoms in total. The van der Waals surface area contributed by atoms with Crippen molar-refractivity contribution in [2.75, 3.05) is 6.54 Å². The highest BCUT2D eigenvalue weighted by atomic mass is 35.5. The van der Waals surface area contributed by atoms with Gasteiger partial charge >= 0.3 is 0 Å². The van der Waals surface area contributed by atoms with E-state index >= 15 is 0 Å². The molecule has 0 bridgehead atoms. The number of rotatable bonds is 3. The number of benzene rings is 1. The lowest BCUT2D eigenvalue weighted by atomic mass is 10.1. The third-order valence-corrected chi connectivity index (χ3v) is 2.69. The standard InChI is InChI=1S/C11H11Cl2N/c1-3-6-14-8(2)9-4-5-10(12)11(13)7-9/h1,4-5,7-8,14H,6H2,2H3/t8-/m1/s1. The zero-order chi connectivity index (χ0) is 10.6. The van der Waals surface area contributed by atoms with E-state index < -0.39 is 0 Å². The monoisotopic (exact) mass is 227 g/mol. The molecule has 1 aromatic carbocycles. The fraction of sp³-hybridized carbons (Fsp3) is 0.273. The van der Waals surface area contributed by atoms with E-state index in [0.717, 1.165) is 5.56 Å². The van der Waals surface area contributed by atoms with Gasteiger partial charge in [0, 0.05) is 6.04 Å². The minimum absolute atomic E-state index is 0.181. The molecule has 0 spiro atoms. The average molecular weight is 228 g/mol. The van der Waals surface area contributed by atoms with Crippen LogP contribution >= 0.6 is 23.2 Å². The Labute approximate surface area is 94.4 Å². The maximum Gasteiger partial charge on any atom is 0.0595 e. The largest absolute Gasteiger partial charge is 0.300 e. The van der Waals surface area contributed by atoms with Crippen LogP contribution in [-0.4, -0.2) is 6.54 Å². The molecule has 0 unspecified atom stereocenters. The lowest BCUT2D eigenvalue weighted by Gasteiger charge is -2.12. The summed E-state index contributed by atoms with van der Waals surface area (Å²) in [6.45, 7) is 2.57. The molecule has 3 heteroatoms. The molecule has 74 valence electrons. The second-order valence-electron chi connectivity index (χ2n) is 2.98. The van der Waals surface area contributed by atoms with Gasteiger partial charge in [0.15, 0.2) is 0 Å². The van der Waals surface area contributed by atoms with Gasteiger partial charge in [-0.1, -0.05) is 35.2 Å². The van der Waals surface area contributed by atoms with Crippen molar-refractivity contribution in [3.8, 4) is 12.3 Å². The van der Waals surface area contributed by atoms with E-state index in [1.54, 1.807) is 6.07 Å². The van der Waals surface area contributed by atoms with Gasteiger partial charge in [-0.15, -0.1) is 6.42 Å². The smallest absolute Gasteiger partial charge is 0.0595 e. The molecular weight excluding hydrogens is 217 g/mol. The van der Waals surface area contributed by atoms with Crippen molar-refractivity contribution in [3.63, 3.8) is 0 Å². The summed E-state index contributed by atoms with van der Waals surface area (Å²) in [4.78, 5) is 0. The molecule has 0 fully saturated rings. The second kappa shape index (κ2) is 5.26. The topological polar surface area (TPSA) is 12.0 Å². The van der Waals surface area contributed by atoms with E-state index in [0.29, 0.717) is 16.6 Å². The van der Waals surface area contributed by atoms with Gasteiger partial charge in [-0.25, -0.2) is 0 Å². The highest BCUT2D eigenvalue weighted by Gasteiger charge is 2.05. The SMILES string of the molecule is C#CCN[C@H](C)c1ccc(Cl)c(Cl)c1. The Morgan fingerprint density at radius 2 is 2.14 bits per heavy atom. The minimum atomic E-state index is 0.181. The molecule has 1 N–H and O–H groups in total. The molecule has 0 aliphatic rings. The van der Waals surface area contributed by atoms with Crippen molar-refractivity contribution in [2.45, 2.75) is 13.0 Å². The fourth-order valence-electron chi connectivity index (χ4n) is 1.11. The van der Waals surface area contributed by atoms with Crippen molar-refractivity contribution >= 4 is 23.2 Å². The third kappa shape index (κ3) is 2.92. The van der Waals surface area contributed by atoms with Crippen LogP contribution in [0.4, 0.5) is 0 Å². The van der Waals surface area contributed by atoms with E-state index in [2.05, 4.69) is 11.2 Å². The third-order valence-electron chi connectivity index (χ3n) is 1.95. The van der Waals surface area contributed by atoms with Crippen molar-refractivity contribution in [3.05, 3.63) is 33.8 Å². The lowest BCUT2D eigenvalue weighted by molar-refractivity contribution is 0.623. The van der Waals surface area contributed by atoms with E-state index in [1.165, 1.54) is 0 Å². The highest BCUT2D eigenvalue weighted by molar-refractivity contribution is 6.42. The van der Waals surface area contributed by atoms with Crippen LogP contribution in [0.2, 0.25) is 10.0 Å². The molecule has 1 atom stereocenters. The highest BCUT2D eigenvalue weighted by Crippen LogP contribution is 2.25. The number of nitrogens with one attached hydrogen (secondary N) is 1. The fourth-order valence-corrected chi connectivity index (χ4v) is 1.42. The zero-order valence-corrected chi connectivity index (χ0v) is 9.36. The van der Waals surface area contributed by atoms with Gasteiger partial charge in [-0.05, 0) is 24.6 Å². The van der Waals surface area contributed by atoms with Crippen LogP contribution in [0.15, 0.2) is 18.2 Å². The van der Waals surface area contributed by atoms with E-state index in [1.807, 2.05) is 19.1 Å². The number of hydrogen-bond donors (Lipinski definition) is 1. The predicted octanol–water partition coefficient (Wildman–Crippen LogP) is 3.28. The molecule has 1 rings (SSSR count). The van der Waals surface area contributed by atoms with Gasteiger partial charge in [0.2, 0.25) is 0 Å². The van der Waals surface area contributed by atoms with Gasteiger partial charge in [-0.3, -0.25) is 5.32 Å². The summed E-state index contributed by atoms with van der Waals surface area (Å²) >= 11 is 11.7. The van der Waals surface area contributed by atoms with Crippen LogP contribution < -0.4 is 5.32 Å². The molecular formula is C11H11Cl2N. The summed E-state index contributed by atoms with van der Waals surface area (Å²) < 4.78 is 0. The molecule has 14 heavy (non-hydrogen) atoms. The zero-order valence-electron chi connectivity index (χ0n) is 7.85. The van der Waals surface area contributed by atoms with Crippen LogP contribution in [0, 0.1) is 12.3 Å². The Hall–Kier alpha value is -0.680. The van der Waals surface area contributed by atoms with Crippen LogP contribution in [-0.2, 0) is 0 Å². The van der Waals surface area contributed by atoms with Crippen LogP contribution in [0.25, 0.3) is 0 Å². The first-order chi connectivity index (χ1) is 6.65. The Morgan fingerprint density at radius 1 is 1.43 bits per heavy atom. The summed E-state index contributed by atoms with van der Waals surface area (Å²) in [5.41, 5.74) is 1.08. The molecule has 0 aromatic heterocycles. The van der Waals surface area contributed by atoms with Gasteiger partial charge in [0.1, 0.15) is 0 Å². The quantitative estimate of drug-likeness (QED) is 0.783. The molecule has 0 heterocycles. The molecule has 1 aromatic rings. The summed E-state index contributed by atoms with van der Waals surface area (Å²) in [5.74, 6) is 2.52. The normalized spacial score (nSPS) is 12.1. The molecule has 0 radical (unpaired) electrons. The van der Waals surface area contributed by atoms with Gasteiger partial charge < -0.3 is 0 Å². The molecule has 0 aliphatic carbocycles. The van der Waals surface area contributed by atoms with Crippen LogP contribution in [0.5, 0.6) is 0 Å². The lowest BCUT2D eigenvalue weighted by Crippen LogP contribution is -2.18. The molecule has 0 saturated heterocycles. The van der Waals surface area contributed by atoms with Crippen LogP contribution in [0.3, 0.4) is 0 Å². The average Bonchev–Trinajstić information content (AvgIpc) is 2.18. The molecule has 0 aliphatic heterocycles. The Bertz CT molecular complexity index is 355. The predicted molar refractivity (Wildman–Crippen MR) is 61.7 cm³/mol. The Kier molecular flexibility index (Phi) is 4.28. The van der Waals surface area contributed by atoms with Gasteiger partial charge in [0.25, 0.3) is 0 Å². The van der Waals surface area contributed by atoms with Crippen molar-refractivity contribution in [1.29, 1.82) is 0 Å². The first-order valence-electron chi connectivity index (χ1n) is 4.27. The Balaban J connectivity index is 2.76. The van der Waals surface area contributed by atoms with Gasteiger partial charge in [-0.2, -0.15) is 0 Å². The van der Waals surface area contributed by atoms with E-state index in [4.69, 9.17) is 29.6 Å². The number of halogens is 2. The Morgan fingerprint density at radius 3 is 2.71 bits per heavy atom. The minimum Gasteiger partial charge on any atom is -0.300 e. The summed E-state index contributed by atoms with van der Waals surface area (Å²) in [5, 5.41) is 4.29. The molecule has 0 saturated carbocycles.